The summed E-state index contributed by atoms with van der Waals surface area (Å²) in [5.74, 6) is 0. The molecule has 77 valence electrons. The van der Waals surface area contributed by atoms with E-state index >= 15 is 0 Å². The van der Waals surface area contributed by atoms with Gasteiger partial charge in [-0.3, -0.25) is 0 Å². The molecule has 0 saturated carbocycles. The maximum absolute atomic E-state index is 4.60. The zero-order valence-corrected chi connectivity index (χ0v) is 9.29. The van der Waals surface area contributed by atoms with Gasteiger partial charge in [0.05, 0.1) is 17.4 Å². The maximum atomic E-state index is 4.60. The molecular weight excluding hydrogens is 216 g/mol. The van der Waals surface area contributed by atoms with Crippen molar-refractivity contribution in [2.75, 3.05) is 0 Å². The summed E-state index contributed by atoms with van der Waals surface area (Å²) in [5, 5.41) is 3.15. The summed E-state index contributed by atoms with van der Waals surface area (Å²) in [7, 11) is 0. The van der Waals surface area contributed by atoms with Gasteiger partial charge in [0.15, 0.2) is 0 Å². The first-order valence-corrected chi connectivity index (χ1v) is 5.88. The molecule has 3 rings (SSSR count). The van der Waals surface area contributed by atoms with Gasteiger partial charge in [-0.05, 0) is 35.6 Å². The minimum absolute atomic E-state index is 0.947. The summed E-state index contributed by atoms with van der Waals surface area (Å²) in [6.07, 6.45) is 5.09. The monoisotopic (exact) mass is 225 g/mol. The molecule has 0 unspecified atom stereocenters. The van der Waals surface area contributed by atoms with Crippen LogP contribution >= 0.6 is 11.9 Å². The van der Waals surface area contributed by atoms with Crippen LogP contribution < -0.4 is 4.72 Å². The molecule has 1 aliphatic rings. The molecule has 1 aliphatic heterocycles. The molecule has 0 saturated heterocycles. The Hall–Kier alpha value is -1.74. The Balaban J connectivity index is 2.11. The summed E-state index contributed by atoms with van der Waals surface area (Å²) in [6, 6.07) is 12.2. The second-order valence-corrected chi connectivity index (χ2v) is 4.16. The molecule has 0 bridgehead atoms. The largest absolute Gasteiger partial charge is 0.324 e. The first kappa shape index (κ1) is 9.48. The SMILES string of the molecule is [C]1=C(c2ccc3ccccc3n2)C=CSN1. The van der Waals surface area contributed by atoms with Crippen LogP contribution in [0.5, 0.6) is 0 Å². The number of fused-ring (bicyclic) bond motifs is 1. The Morgan fingerprint density at radius 3 is 2.94 bits per heavy atom. The van der Waals surface area contributed by atoms with Crippen molar-refractivity contribution in [2.45, 2.75) is 0 Å². The smallest absolute Gasteiger partial charge is 0.0788 e. The van der Waals surface area contributed by atoms with Crippen LogP contribution in [0.3, 0.4) is 0 Å². The topological polar surface area (TPSA) is 24.9 Å². The van der Waals surface area contributed by atoms with Gasteiger partial charge >= 0.3 is 0 Å². The van der Waals surface area contributed by atoms with Gasteiger partial charge in [-0.2, -0.15) is 0 Å². The second-order valence-electron chi connectivity index (χ2n) is 3.45. The predicted octanol–water partition coefficient (Wildman–Crippen LogP) is 3.14. The fraction of sp³-hybridized carbons (Fsp3) is 0. The van der Waals surface area contributed by atoms with Crippen LogP contribution in [0.4, 0.5) is 0 Å². The van der Waals surface area contributed by atoms with E-state index in [0.29, 0.717) is 0 Å². The van der Waals surface area contributed by atoms with Crippen LogP contribution in [-0.4, -0.2) is 4.98 Å². The molecule has 0 atom stereocenters. The normalized spacial score (nSPS) is 14.6. The minimum Gasteiger partial charge on any atom is -0.324 e. The lowest BCUT2D eigenvalue weighted by Crippen LogP contribution is -1.98. The zero-order valence-electron chi connectivity index (χ0n) is 8.47. The number of rotatable bonds is 1. The van der Waals surface area contributed by atoms with E-state index in [0.717, 1.165) is 22.2 Å². The van der Waals surface area contributed by atoms with E-state index in [1.54, 1.807) is 0 Å². The lowest BCUT2D eigenvalue weighted by Gasteiger charge is -2.07. The van der Waals surface area contributed by atoms with Crippen LogP contribution in [0, 0.1) is 6.20 Å². The Morgan fingerprint density at radius 2 is 2.06 bits per heavy atom. The van der Waals surface area contributed by atoms with Crippen LogP contribution in [0.1, 0.15) is 5.69 Å². The average Bonchev–Trinajstić information content (AvgIpc) is 2.39. The van der Waals surface area contributed by atoms with Crippen LogP contribution in [0.15, 0.2) is 47.9 Å². The molecule has 3 heteroatoms. The van der Waals surface area contributed by atoms with Gasteiger partial charge in [0, 0.05) is 11.0 Å². The predicted molar refractivity (Wildman–Crippen MR) is 68.3 cm³/mol. The molecule has 1 aromatic carbocycles. The standard InChI is InChI=1S/C13H9N2S/c1-2-4-12-10(3-1)5-6-13(15-12)11-7-8-16-14-9-11/h1-8,14H. The summed E-state index contributed by atoms with van der Waals surface area (Å²) >= 11 is 1.51. The summed E-state index contributed by atoms with van der Waals surface area (Å²) in [5.41, 5.74) is 2.95. The summed E-state index contributed by atoms with van der Waals surface area (Å²) < 4.78 is 2.98. The van der Waals surface area contributed by atoms with Crippen molar-refractivity contribution < 1.29 is 0 Å². The average molecular weight is 225 g/mol. The van der Waals surface area contributed by atoms with Gasteiger partial charge in [0.1, 0.15) is 0 Å². The van der Waals surface area contributed by atoms with Gasteiger partial charge in [-0.25, -0.2) is 4.98 Å². The van der Waals surface area contributed by atoms with Gasteiger partial charge in [0.25, 0.3) is 0 Å². The van der Waals surface area contributed by atoms with Crippen LogP contribution in [0.25, 0.3) is 16.5 Å². The Bertz CT molecular complexity index is 587. The number of allylic oxidation sites excluding steroid dienone is 2. The molecule has 0 spiro atoms. The minimum atomic E-state index is 0.947. The Morgan fingerprint density at radius 1 is 1.12 bits per heavy atom. The van der Waals surface area contributed by atoms with Crippen molar-refractivity contribution in [3.63, 3.8) is 0 Å². The lowest BCUT2D eigenvalue weighted by atomic mass is 10.1. The molecule has 0 amide bonds. The molecule has 1 N–H and O–H groups in total. The number of benzene rings is 1. The molecule has 2 aromatic rings. The third kappa shape index (κ3) is 1.70. The van der Waals surface area contributed by atoms with Gasteiger partial charge in [0.2, 0.25) is 0 Å². The zero-order chi connectivity index (χ0) is 10.8. The molecule has 1 aromatic heterocycles. The van der Waals surface area contributed by atoms with E-state index in [2.05, 4.69) is 28.0 Å². The summed E-state index contributed by atoms with van der Waals surface area (Å²) in [6.45, 7) is 0. The lowest BCUT2D eigenvalue weighted by molar-refractivity contribution is 1.30. The van der Waals surface area contributed by atoms with Crippen LogP contribution in [-0.2, 0) is 0 Å². The van der Waals surface area contributed by atoms with E-state index in [9.17, 15) is 0 Å². The number of hydrogen-bond acceptors (Lipinski definition) is 3. The van der Waals surface area contributed by atoms with Gasteiger partial charge < -0.3 is 4.72 Å². The van der Waals surface area contributed by atoms with E-state index < -0.39 is 0 Å². The molecule has 2 nitrogen and oxygen atoms in total. The highest BCUT2D eigenvalue weighted by Crippen LogP contribution is 2.20. The van der Waals surface area contributed by atoms with E-state index in [-0.39, 0.29) is 0 Å². The first-order valence-electron chi connectivity index (χ1n) is 5.00. The third-order valence-corrected chi connectivity index (χ3v) is 2.91. The molecule has 1 radical (unpaired) electrons. The second kappa shape index (κ2) is 4.02. The number of nitrogens with zero attached hydrogens (tertiary/aromatic N) is 1. The van der Waals surface area contributed by atoms with Crippen molar-refractivity contribution in [1.29, 1.82) is 0 Å². The third-order valence-electron chi connectivity index (χ3n) is 2.42. The number of para-hydroxylation sites is 1. The van der Waals surface area contributed by atoms with Crippen molar-refractivity contribution in [3.8, 4) is 0 Å². The van der Waals surface area contributed by atoms with Crippen LogP contribution in [0.2, 0.25) is 0 Å². The van der Waals surface area contributed by atoms with Crippen molar-refractivity contribution in [1.82, 2.24) is 9.71 Å². The number of pyridine rings is 1. The van der Waals surface area contributed by atoms with Crippen molar-refractivity contribution >= 4 is 28.4 Å². The number of aromatic nitrogens is 1. The van der Waals surface area contributed by atoms with Gasteiger partial charge in [-0.15, -0.1) is 0 Å². The van der Waals surface area contributed by atoms with Crippen molar-refractivity contribution in [2.24, 2.45) is 0 Å². The van der Waals surface area contributed by atoms with Crippen molar-refractivity contribution in [3.05, 3.63) is 59.8 Å². The quantitative estimate of drug-likeness (QED) is 0.755. The Kier molecular flexibility index (Phi) is 2.38. The highest BCUT2D eigenvalue weighted by atomic mass is 32.2. The first-order chi connectivity index (χ1) is 7.93. The van der Waals surface area contributed by atoms with Gasteiger partial charge in [-0.1, -0.05) is 24.3 Å². The van der Waals surface area contributed by atoms with E-state index in [1.807, 2.05) is 35.7 Å². The molecular formula is C13H9N2S. The maximum Gasteiger partial charge on any atom is 0.0788 e. The fourth-order valence-electron chi connectivity index (χ4n) is 1.63. The summed E-state index contributed by atoms with van der Waals surface area (Å²) in [4.78, 5) is 4.60. The number of nitrogens with one attached hydrogen (secondary N) is 1. The highest BCUT2D eigenvalue weighted by Gasteiger charge is 2.04. The molecule has 2 heterocycles. The molecule has 0 fully saturated rings. The molecule has 16 heavy (non-hydrogen) atoms. The Labute approximate surface area is 98.2 Å². The fourth-order valence-corrected chi connectivity index (χ4v) is 2.07. The number of hydrogen-bond donors (Lipinski definition) is 1. The van der Waals surface area contributed by atoms with E-state index in [4.69, 9.17) is 0 Å². The van der Waals surface area contributed by atoms with E-state index in [1.165, 1.54) is 11.9 Å². The highest BCUT2D eigenvalue weighted by molar-refractivity contribution is 8.00. The molecule has 0 aliphatic carbocycles.